The van der Waals surface area contributed by atoms with E-state index in [2.05, 4.69) is 10.4 Å². The van der Waals surface area contributed by atoms with Crippen LogP contribution >= 0.6 is 0 Å². The highest BCUT2D eigenvalue weighted by molar-refractivity contribution is 5.96. The third kappa shape index (κ3) is 5.08. The molecule has 35 heavy (non-hydrogen) atoms. The van der Waals surface area contributed by atoms with Crippen LogP contribution in [0.25, 0.3) is 5.69 Å². The van der Waals surface area contributed by atoms with Crippen molar-refractivity contribution in [2.75, 3.05) is 0 Å². The molecular formula is C26H25F3N4O2. The van der Waals surface area contributed by atoms with Gasteiger partial charge in [-0.2, -0.15) is 18.3 Å². The van der Waals surface area contributed by atoms with Crippen LogP contribution in [0.4, 0.5) is 13.2 Å². The molecule has 2 aromatic carbocycles. The number of aromatic nitrogens is 2. The van der Waals surface area contributed by atoms with E-state index in [0.29, 0.717) is 23.4 Å². The van der Waals surface area contributed by atoms with Crippen LogP contribution in [0.2, 0.25) is 0 Å². The van der Waals surface area contributed by atoms with E-state index in [-0.39, 0.29) is 29.6 Å². The molecule has 9 heteroatoms. The number of halogens is 3. The minimum absolute atomic E-state index is 0.0909. The quantitative estimate of drug-likeness (QED) is 0.521. The predicted molar refractivity (Wildman–Crippen MR) is 123 cm³/mol. The van der Waals surface area contributed by atoms with Gasteiger partial charge in [-0.15, -0.1) is 0 Å². The number of alkyl halides is 3. The fourth-order valence-electron chi connectivity index (χ4n) is 4.06. The number of benzene rings is 2. The Morgan fingerprint density at radius 1 is 1.09 bits per heavy atom. The second-order valence-electron chi connectivity index (χ2n) is 9.21. The Hall–Kier alpha value is -3.62. The second kappa shape index (κ2) is 8.87. The molecule has 182 valence electrons. The van der Waals surface area contributed by atoms with Gasteiger partial charge in [0.15, 0.2) is 0 Å². The van der Waals surface area contributed by atoms with Gasteiger partial charge in [-0.1, -0.05) is 18.2 Å². The zero-order valence-corrected chi connectivity index (χ0v) is 19.2. The first-order chi connectivity index (χ1) is 16.7. The monoisotopic (exact) mass is 482 g/mol. The standard InChI is InChI=1S/C26H25F3N4O2/c1-16-23(14-30-33(16)22-4-2-3-19(13-22)26(27,28)29)25(35)32(21-11-12-21)15-17-5-7-18(8-6-17)24(34)31-20-9-10-20/h2-8,13-14,20-21H,9-12,15H2,1H3,(H,31,34). The first kappa shape index (κ1) is 23.1. The molecule has 2 amide bonds. The van der Waals surface area contributed by atoms with Crippen LogP contribution in [0.3, 0.4) is 0 Å². The Morgan fingerprint density at radius 3 is 2.43 bits per heavy atom. The number of hydrogen-bond acceptors (Lipinski definition) is 3. The van der Waals surface area contributed by atoms with Crippen LogP contribution in [-0.4, -0.2) is 38.6 Å². The molecule has 0 saturated heterocycles. The first-order valence-electron chi connectivity index (χ1n) is 11.6. The van der Waals surface area contributed by atoms with Gasteiger partial charge < -0.3 is 10.2 Å². The summed E-state index contributed by atoms with van der Waals surface area (Å²) >= 11 is 0. The summed E-state index contributed by atoms with van der Waals surface area (Å²) in [5.74, 6) is -0.300. The van der Waals surface area contributed by atoms with Gasteiger partial charge in [0.1, 0.15) is 0 Å². The molecule has 1 heterocycles. The van der Waals surface area contributed by atoms with Crippen molar-refractivity contribution in [3.8, 4) is 5.69 Å². The number of amides is 2. The van der Waals surface area contributed by atoms with Gasteiger partial charge in [-0.3, -0.25) is 9.59 Å². The Morgan fingerprint density at radius 2 is 1.80 bits per heavy atom. The Kier molecular flexibility index (Phi) is 5.86. The van der Waals surface area contributed by atoms with Crippen molar-refractivity contribution >= 4 is 11.8 Å². The van der Waals surface area contributed by atoms with Gasteiger partial charge in [0.2, 0.25) is 0 Å². The van der Waals surface area contributed by atoms with Crippen molar-refractivity contribution in [3.63, 3.8) is 0 Å². The van der Waals surface area contributed by atoms with E-state index >= 15 is 0 Å². The van der Waals surface area contributed by atoms with Gasteiger partial charge in [-0.25, -0.2) is 4.68 Å². The van der Waals surface area contributed by atoms with Crippen molar-refractivity contribution in [3.05, 3.63) is 82.7 Å². The van der Waals surface area contributed by atoms with Crippen molar-refractivity contribution in [2.24, 2.45) is 0 Å². The summed E-state index contributed by atoms with van der Waals surface area (Å²) in [5, 5.41) is 7.17. The molecule has 5 rings (SSSR count). The van der Waals surface area contributed by atoms with Gasteiger partial charge in [0, 0.05) is 24.2 Å². The normalized spacial score (nSPS) is 15.7. The predicted octanol–water partition coefficient (Wildman–Crippen LogP) is 4.90. The van der Waals surface area contributed by atoms with Gasteiger partial charge >= 0.3 is 6.18 Å². The van der Waals surface area contributed by atoms with E-state index in [1.165, 1.54) is 23.0 Å². The van der Waals surface area contributed by atoms with E-state index < -0.39 is 11.7 Å². The summed E-state index contributed by atoms with van der Waals surface area (Å²) in [4.78, 5) is 27.5. The van der Waals surface area contributed by atoms with Crippen LogP contribution in [0.15, 0.2) is 54.7 Å². The summed E-state index contributed by atoms with van der Waals surface area (Å²) in [5.41, 5.74) is 1.79. The molecule has 2 aliphatic carbocycles. The molecule has 0 radical (unpaired) electrons. The lowest BCUT2D eigenvalue weighted by molar-refractivity contribution is -0.137. The molecule has 0 spiro atoms. The van der Waals surface area contributed by atoms with Crippen LogP contribution in [-0.2, 0) is 12.7 Å². The Bertz CT molecular complexity index is 1260. The lowest BCUT2D eigenvalue weighted by atomic mass is 10.1. The fourth-order valence-corrected chi connectivity index (χ4v) is 4.06. The SMILES string of the molecule is Cc1c(C(=O)N(Cc2ccc(C(=O)NC3CC3)cc2)C2CC2)cnn1-c1cccc(C(F)(F)F)c1. The van der Waals surface area contributed by atoms with Crippen LogP contribution in [0.5, 0.6) is 0 Å². The van der Waals surface area contributed by atoms with E-state index in [1.807, 2.05) is 12.1 Å². The number of carbonyl (C=O) groups is 2. The molecule has 0 unspecified atom stereocenters. The van der Waals surface area contributed by atoms with E-state index in [0.717, 1.165) is 43.4 Å². The first-order valence-corrected chi connectivity index (χ1v) is 11.6. The number of hydrogen-bond donors (Lipinski definition) is 1. The molecular weight excluding hydrogens is 457 g/mol. The number of nitrogens with zero attached hydrogens (tertiary/aromatic N) is 3. The topological polar surface area (TPSA) is 67.2 Å². The highest BCUT2D eigenvalue weighted by Crippen LogP contribution is 2.32. The highest BCUT2D eigenvalue weighted by Gasteiger charge is 2.35. The molecule has 2 saturated carbocycles. The Labute approximate surface area is 200 Å². The molecule has 6 nitrogen and oxygen atoms in total. The molecule has 3 aromatic rings. The average Bonchev–Trinajstić information content (AvgIpc) is 3.76. The summed E-state index contributed by atoms with van der Waals surface area (Å²) in [7, 11) is 0. The van der Waals surface area contributed by atoms with Crippen molar-refractivity contribution in [1.82, 2.24) is 20.0 Å². The molecule has 0 atom stereocenters. The fraction of sp³-hybridized carbons (Fsp3) is 0.346. The molecule has 1 N–H and O–H groups in total. The highest BCUT2D eigenvalue weighted by atomic mass is 19.4. The van der Waals surface area contributed by atoms with Crippen molar-refractivity contribution in [1.29, 1.82) is 0 Å². The summed E-state index contributed by atoms with van der Waals surface area (Å²) in [6, 6.07) is 12.5. The maximum absolute atomic E-state index is 13.5. The third-order valence-corrected chi connectivity index (χ3v) is 6.39. The minimum atomic E-state index is -4.47. The maximum Gasteiger partial charge on any atom is 0.416 e. The van der Waals surface area contributed by atoms with Crippen LogP contribution < -0.4 is 5.32 Å². The third-order valence-electron chi connectivity index (χ3n) is 6.39. The number of nitrogens with one attached hydrogen (secondary N) is 1. The molecule has 1 aromatic heterocycles. The van der Waals surface area contributed by atoms with E-state index in [1.54, 1.807) is 24.0 Å². The lowest BCUT2D eigenvalue weighted by Gasteiger charge is -2.22. The Balaban J connectivity index is 1.34. The van der Waals surface area contributed by atoms with Gasteiger partial charge in [-0.05, 0) is 68.5 Å². The maximum atomic E-state index is 13.5. The molecule has 0 aliphatic heterocycles. The zero-order valence-electron chi connectivity index (χ0n) is 19.2. The molecule has 0 bridgehead atoms. The summed E-state index contributed by atoms with van der Waals surface area (Å²) < 4.78 is 40.8. The van der Waals surface area contributed by atoms with Gasteiger partial charge in [0.25, 0.3) is 11.8 Å². The minimum Gasteiger partial charge on any atom is -0.349 e. The number of carbonyl (C=O) groups excluding carboxylic acids is 2. The van der Waals surface area contributed by atoms with Crippen LogP contribution in [0.1, 0.15) is 63.2 Å². The average molecular weight is 483 g/mol. The molecule has 2 aliphatic rings. The largest absolute Gasteiger partial charge is 0.416 e. The lowest BCUT2D eigenvalue weighted by Crippen LogP contribution is -2.33. The van der Waals surface area contributed by atoms with Crippen molar-refractivity contribution < 1.29 is 22.8 Å². The number of rotatable bonds is 7. The van der Waals surface area contributed by atoms with Crippen LogP contribution in [0, 0.1) is 6.92 Å². The van der Waals surface area contributed by atoms with Gasteiger partial charge in [0.05, 0.1) is 28.7 Å². The molecule has 2 fully saturated rings. The smallest absolute Gasteiger partial charge is 0.349 e. The van der Waals surface area contributed by atoms with Crippen molar-refractivity contribution in [2.45, 2.75) is 57.4 Å². The summed E-state index contributed by atoms with van der Waals surface area (Å²) in [6.45, 7) is 2.06. The summed E-state index contributed by atoms with van der Waals surface area (Å²) in [6.07, 6.45) is 0.784. The van der Waals surface area contributed by atoms with E-state index in [9.17, 15) is 22.8 Å². The second-order valence-corrected chi connectivity index (χ2v) is 9.21. The zero-order chi connectivity index (χ0) is 24.7. The van der Waals surface area contributed by atoms with E-state index in [4.69, 9.17) is 0 Å².